The van der Waals surface area contributed by atoms with Crippen LogP contribution in [0.15, 0.2) is 53.1 Å². The number of rotatable bonds is 9. The van der Waals surface area contributed by atoms with Gasteiger partial charge in [-0.1, -0.05) is 36.7 Å². The molecule has 0 bridgehead atoms. The fourth-order valence-electron chi connectivity index (χ4n) is 2.60. The van der Waals surface area contributed by atoms with Crippen LogP contribution in [0.25, 0.3) is 11.5 Å². The van der Waals surface area contributed by atoms with Crippen molar-refractivity contribution < 1.29 is 9.21 Å². The third-order valence-corrected chi connectivity index (χ3v) is 5.23. The van der Waals surface area contributed by atoms with Gasteiger partial charge in [0.05, 0.1) is 28.6 Å². The minimum Gasteiger partial charge on any atom is -0.419 e. The van der Waals surface area contributed by atoms with Gasteiger partial charge in [-0.25, -0.2) is 0 Å². The molecule has 0 aliphatic heterocycles. The van der Waals surface area contributed by atoms with Gasteiger partial charge in [0.1, 0.15) is 0 Å². The molecule has 0 unspecified atom stereocenters. The van der Waals surface area contributed by atoms with E-state index in [0.717, 1.165) is 12.1 Å². The van der Waals surface area contributed by atoms with Crippen LogP contribution in [-0.2, 0) is 17.1 Å². The normalized spacial score (nSPS) is 10.8. The van der Waals surface area contributed by atoms with E-state index in [4.69, 9.17) is 16.0 Å². The number of benzene rings is 1. The summed E-state index contributed by atoms with van der Waals surface area (Å²) < 4.78 is 5.73. The average Bonchev–Trinajstić information content (AvgIpc) is 3.17. The van der Waals surface area contributed by atoms with Gasteiger partial charge in [-0.2, -0.15) is 0 Å². The van der Waals surface area contributed by atoms with E-state index in [2.05, 4.69) is 15.2 Å². The predicted molar refractivity (Wildman–Crippen MR) is 111 cm³/mol. The molecule has 3 rings (SSSR count). The number of hydrogen-bond acceptors (Lipinski definition) is 6. The third-order valence-electron chi connectivity index (χ3n) is 3.95. The van der Waals surface area contributed by atoms with Gasteiger partial charge < -0.3 is 9.32 Å². The molecule has 1 amide bonds. The first-order chi connectivity index (χ1) is 13.7. The van der Waals surface area contributed by atoms with Gasteiger partial charge in [0.2, 0.25) is 17.7 Å². The maximum atomic E-state index is 12.6. The second-order valence-corrected chi connectivity index (χ2v) is 7.50. The Bertz CT molecular complexity index is 904. The number of pyridine rings is 1. The van der Waals surface area contributed by atoms with Crippen LogP contribution in [0.4, 0.5) is 0 Å². The molecule has 0 aliphatic rings. The predicted octanol–water partition coefficient (Wildman–Crippen LogP) is 4.46. The molecule has 0 saturated carbocycles. The lowest BCUT2D eigenvalue weighted by Crippen LogP contribution is -2.32. The molecule has 28 heavy (non-hydrogen) atoms. The fourth-order valence-corrected chi connectivity index (χ4v) is 3.66. The van der Waals surface area contributed by atoms with E-state index in [9.17, 15) is 4.79 Å². The van der Waals surface area contributed by atoms with Crippen LogP contribution in [0.1, 0.15) is 24.9 Å². The van der Waals surface area contributed by atoms with E-state index in [-0.39, 0.29) is 12.5 Å². The van der Waals surface area contributed by atoms with Crippen LogP contribution in [-0.4, -0.2) is 38.3 Å². The Labute approximate surface area is 173 Å². The van der Waals surface area contributed by atoms with Crippen LogP contribution in [0.2, 0.25) is 5.02 Å². The molecule has 3 aromatic rings. The Morgan fingerprint density at radius 3 is 2.75 bits per heavy atom. The topological polar surface area (TPSA) is 72.1 Å². The quantitative estimate of drug-likeness (QED) is 0.513. The average molecular weight is 417 g/mol. The third kappa shape index (κ3) is 5.56. The summed E-state index contributed by atoms with van der Waals surface area (Å²) in [5, 5.41) is 8.70. The van der Waals surface area contributed by atoms with Crippen LogP contribution < -0.4 is 0 Å². The smallest absolute Gasteiger partial charge is 0.249 e. The largest absolute Gasteiger partial charge is 0.419 e. The maximum absolute atomic E-state index is 12.6. The summed E-state index contributed by atoms with van der Waals surface area (Å²) in [7, 11) is 0. The number of carbonyl (C=O) groups is 1. The SMILES string of the molecule is CCCN(Cc1nnc(-c2ccccc2Cl)o1)C(=O)CSCc1ccccn1. The number of halogens is 1. The highest BCUT2D eigenvalue weighted by Gasteiger charge is 2.18. The Morgan fingerprint density at radius 1 is 1.18 bits per heavy atom. The molecule has 0 radical (unpaired) electrons. The second kappa shape index (κ2) is 10.2. The summed E-state index contributed by atoms with van der Waals surface area (Å²) in [6.07, 6.45) is 2.61. The highest BCUT2D eigenvalue weighted by molar-refractivity contribution is 7.99. The maximum Gasteiger partial charge on any atom is 0.249 e. The zero-order valence-corrected chi connectivity index (χ0v) is 17.1. The van der Waals surface area contributed by atoms with Crippen molar-refractivity contribution in [1.82, 2.24) is 20.1 Å². The highest BCUT2D eigenvalue weighted by Crippen LogP contribution is 2.26. The minimum atomic E-state index is 0.0419. The van der Waals surface area contributed by atoms with Gasteiger partial charge in [0.25, 0.3) is 0 Å². The van der Waals surface area contributed by atoms with Crippen molar-refractivity contribution in [2.24, 2.45) is 0 Å². The van der Waals surface area contributed by atoms with E-state index in [1.54, 1.807) is 28.9 Å². The zero-order chi connectivity index (χ0) is 19.8. The highest BCUT2D eigenvalue weighted by atomic mass is 35.5. The van der Waals surface area contributed by atoms with Gasteiger partial charge in [0, 0.05) is 18.5 Å². The van der Waals surface area contributed by atoms with Crippen molar-refractivity contribution in [3.63, 3.8) is 0 Å². The van der Waals surface area contributed by atoms with E-state index >= 15 is 0 Å². The number of aromatic nitrogens is 3. The lowest BCUT2D eigenvalue weighted by atomic mass is 10.2. The van der Waals surface area contributed by atoms with Crippen LogP contribution in [0.5, 0.6) is 0 Å². The van der Waals surface area contributed by atoms with Crippen LogP contribution in [0.3, 0.4) is 0 Å². The Hall–Kier alpha value is -2.38. The zero-order valence-electron chi connectivity index (χ0n) is 15.5. The summed E-state index contributed by atoms with van der Waals surface area (Å²) in [4.78, 5) is 18.7. The monoisotopic (exact) mass is 416 g/mol. The van der Waals surface area contributed by atoms with E-state index < -0.39 is 0 Å². The molecule has 146 valence electrons. The van der Waals surface area contributed by atoms with Crippen molar-refractivity contribution in [3.8, 4) is 11.5 Å². The second-order valence-electron chi connectivity index (χ2n) is 6.11. The molecular weight excluding hydrogens is 396 g/mol. The molecule has 0 spiro atoms. The van der Waals surface area contributed by atoms with Crippen molar-refractivity contribution in [3.05, 3.63) is 65.3 Å². The summed E-state index contributed by atoms with van der Waals surface area (Å²) >= 11 is 7.73. The van der Waals surface area contributed by atoms with Crippen LogP contribution in [0, 0.1) is 0 Å². The van der Waals surface area contributed by atoms with Crippen molar-refractivity contribution in [2.75, 3.05) is 12.3 Å². The fraction of sp³-hybridized carbons (Fsp3) is 0.300. The Balaban J connectivity index is 1.59. The molecule has 0 N–H and O–H groups in total. The lowest BCUT2D eigenvalue weighted by molar-refractivity contribution is -0.129. The molecule has 0 aliphatic carbocycles. The van der Waals surface area contributed by atoms with E-state index in [0.29, 0.717) is 40.4 Å². The number of thioether (sulfide) groups is 1. The molecule has 2 aromatic heterocycles. The molecule has 8 heteroatoms. The first-order valence-electron chi connectivity index (χ1n) is 9.00. The first kappa shape index (κ1) is 20.4. The molecule has 1 aromatic carbocycles. The van der Waals surface area contributed by atoms with Gasteiger partial charge in [-0.05, 0) is 30.7 Å². The van der Waals surface area contributed by atoms with Crippen molar-refractivity contribution >= 4 is 29.3 Å². The molecule has 0 atom stereocenters. The Kier molecular flexibility index (Phi) is 7.45. The molecule has 0 saturated heterocycles. The standard InChI is InChI=1S/C20H21ClN4O2S/c1-2-11-25(19(26)14-28-13-15-7-5-6-10-22-15)12-18-23-24-20(27-18)16-8-3-4-9-17(16)21/h3-10H,2,11-14H2,1H3. The van der Waals surface area contributed by atoms with Gasteiger partial charge in [-0.15, -0.1) is 22.0 Å². The first-order valence-corrected chi connectivity index (χ1v) is 10.5. The summed E-state index contributed by atoms with van der Waals surface area (Å²) in [5.41, 5.74) is 1.64. The Morgan fingerprint density at radius 2 is 2.00 bits per heavy atom. The number of amides is 1. The lowest BCUT2D eigenvalue weighted by Gasteiger charge is -2.20. The molecular formula is C20H21ClN4O2S. The molecule has 2 heterocycles. The van der Waals surface area contributed by atoms with Crippen molar-refractivity contribution in [1.29, 1.82) is 0 Å². The summed E-state index contributed by atoms with van der Waals surface area (Å²) in [5.74, 6) is 1.87. The van der Waals surface area contributed by atoms with Gasteiger partial charge in [-0.3, -0.25) is 9.78 Å². The van der Waals surface area contributed by atoms with Crippen LogP contribution >= 0.6 is 23.4 Å². The van der Waals surface area contributed by atoms with E-state index in [1.807, 2.05) is 43.3 Å². The van der Waals surface area contributed by atoms with E-state index in [1.165, 1.54) is 0 Å². The summed E-state index contributed by atoms with van der Waals surface area (Å²) in [6.45, 7) is 2.95. The molecule has 6 nitrogen and oxygen atoms in total. The van der Waals surface area contributed by atoms with Crippen molar-refractivity contribution in [2.45, 2.75) is 25.6 Å². The number of hydrogen-bond donors (Lipinski definition) is 0. The molecule has 0 fully saturated rings. The minimum absolute atomic E-state index is 0.0419. The number of nitrogens with zero attached hydrogens (tertiary/aromatic N) is 4. The van der Waals surface area contributed by atoms with Gasteiger partial charge in [0.15, 0.2) is 0 Å². The van der Waals surface area contributed by atoms with Gasteiger partial charge >= 0.3 is 0 Å². The summed E-state index contributed by atoms with van der Waals surface area (Å²) in [6, 6.07) is 13.1. The number of carbonyl (C=O) groups excluding carboxylic acids is 1.